The second-order valence-corrected chi connectivity index (χ2v) is 14.9. The van der Waals surface area contributed by atoms with E-state index in [4.69, 9.17) is 27.9 Å². The Balaban J connectivity index is 1.57. The third kappa shape index (κ3) is 5.65. The highest BCUT2D eigenvalue weighted by molar-refractivity contribution is 14.2. The summed E-state index contributed by atoms with van der Waals surface area (Å²) in [4.78, 5) is 15.1. The van der Waals surface area contributed by atoms with E-state index in [-0.39, 0.29) is 5.91 Å². The zero-order valence-corrected chi connectivity index (χ0v) is 23.5. The van der Waals surface area contributed by atoms with Crippen molar-refractivity contribution in [2.45, 2.75) is 11.8 Å². The molecule has 1 aromatic heterocycles. The highest BCUT2D eigenvalue weighted by Gasteiger charge is 2.32. The van der Waals surface area contributed by atoms with E-state index in [1.165, 1.54) is 0 Å². The Labute approximate surface area is 226 Å². The molecule has 12 heteroatoms. The molecule has 2 aromatic carbocycles. The van der Waals surface area contributed by atoms with E-state index in [1.54, 1.807) is 59.1 Å². The number of nitriles is 1. The standard InChI is InChI=1S/C23H22Cl2IN5O3S/c1-15-9-20(29(2)28-15)23(32)30-5-7-31(8-6-30)35(26,33)22-10-16(14-27)3-4-21(22)34-19-12-17(24)11-18(25)13-19/h3-4,9-13,35H,5-8H2,1-2H3. The van der Waals surface area contributed by atoms with Crippen LogP contribution in [0.2, 0.25) is 10.0 Å². The molecule has 1 fully saturated rings. The Kier molecular flexibility index (Phi) is 7.73. The summed E-state index contributed by atoms with van der Waals surface area (Å²) in [7, 11) is -1.44. The number of rotatable bonds is 5. The van der Waals surface area contributed by atoms with E-state index in [0.717, 1.165) is 5.69 Å². The molecule has 0 unspecified atom stereocenters. The van der Waals surface area contributed by atoms with Gasteiger partial charge >= 0.3 is 0 Å². The molecule has 1 aliphatic rings. The Morgan fingerprint density at radius 2 is 1.77 bits per heavy atom. The van der Waals surface area contributed by atoms with E-state index >= 15 is 0 Å². The number of thiol groups is 1. The smallest absolute Gasteiger partial charge is 0.272 e. The van der Waals surface area contributed by atoms with Crippen molar-refractivity contribution >= 4 is 57.6 Å². The summed E-state index contributed by atoms with van der Waals surface area (Å²) in [6.07, 6.45) is 0. The van der Waals surface area contributed by atoms with Crippen LogP contribution in [0, 0.1) is 18.3 Å². The molecule has 0 atom stereocenters. The fraction of sp³-hybridized carbons (Fsp3) is 0.261. The number of hydrogen-bond donors (Lipinski definition) is 1. The zero-order valence-electron chi connectivity index (χ0n) is 18.9. The molecular weight excluding hydrogens is 624 g/mol. The van der Waals surface area contributed by atoms with Crippen molar-refractivity contribution in [3.05, 3.63) is 69.5 Å². The predicted molar refractivity (Wildman–Crippen MR) is 145 cm³/mol. The van der Waals surface area contributed by atoms with Gasteiger partial charge in [0, 0.05) is 71.8 Å². The molecule has 0 saturated carbocycles. The lowest BCUT2D eigenvalue weighted by Crippen LogP contribution is -2.51. The van der Waals surface area contributed by atoms with Crippen LogP contribution in [0.1, 0.15) is 21.7 Å². The third-order valence-corrected chi connectivity index (χ3v) is 11.5. The molecule has 0 bridgehead atoms. The van der Waals surface area contributed by atoms with Gasteiger partial charge in [0.05, 0.1) is 22.2 Å². The number of aryl methyl sites for hydroxylation is 2. The fourth-order valence-electron chi connectivity index (χ4n) is 3.88. The van der Waals surface area contributed by atoms with Gasteiger partial charge in [0.1, 0.15) is 17.2 Å². The number of carbonyl (C=O) groups is 1. The second kappa shape index (κ2) is 10.4. The maximum absolute atomic E-state index is 14.1. The van der Waals surface area contributed by atoms with Crippen LogP contribution in [0.15, 0.2) is 47.4 Å². The Hall–Kier alpha value is -2.17. The van der Waals surface area contributed by atoms with E-state index in [0.29, 0.717) is 63.9 Å². The maximum Gasteiger partial charge on any atom is 0.272 e. The summed E-state index contributed by atoms with van der Waals surface area (Å²) in [6.45, 7) is 3.47. The van der Waals surface area contributed by atoms with Gasteiger partial charge in [-0.05, 0) is 49.4 Å². The van der Waals surface area contributed by atoms with E-state index in [9.17, 15) is 14.3 Å². The first-order valence-corrected chi connectivity index (χ1v) is 15.8. The summed E-state index contributed by atoms with van der Waals surface area (Å²) in [5, 5.41) is 14.5. The van der Waals surface area contributed by atoms with Crippen LogP contribution in [0.5, 0.6) is 11.5 Å². The number of hydrogen-bond acceptors (Lipinski definition) is 5. The molecule has 0 spiro atoms. The first kappa shape index (κ1) is 25.9. The number of piperazine rings is 1. The fourth-order valence-corrected chi connectivity index (χ4v) is 8.50. The number of nitrogens with zero attached hydrogens (tertiary/aromatic N) is 5. The van der Waals surface area contributed by atoms with Crippen molar-refractivity contribution in [1.29, 1.82) is 5.26 Å². The van der Waals surface area contributed by atoms with Crippen LogP contribution in [0.4, 0.5) is 0 Å². The summed E-state index contributed by atoms with van der Waals surface area (Å²) in [5.41, 5.74) is 1.66. The number of ether oxygens (including phenoxy) is 1. The van der Waals surface area contributed by atoms with Crippen molar-refractivity contribution < 1.29 is 13.7 Å². The van der Waals surface area contributed by atoms with Gasteiger partial charge in [-0.3, -0.25) is 13.7 Å². The topological polar surface area (TPSA) is 91.5 Å². The number of halogens is 3. The van der Waals surface area contributed by atoms with Crippen molar-refractivity contribution in [3.63, 3.8) is 0 Å². The minimum atomic E-state index is -3.19. The summed E-state index contributed by atoms with van der Waals surface area (Å²) in [6, 6.07) is 13.5. The first-order chi connectivity index (χ1) is 16.6. The highest BCUT2D eigenvalue weighted by atomic mass is 127. The molecule has 8 nitrogen and oxygen atoms in total. The maximum atomic E-state index is 14.1. The number of carbonyl (C=O) groups excluding carboxylic acids is 1. The van der Waals surface area contributed by atoms with Gasteiger partial charge in [0.15, 0.2) is 0 Å². The highest BCUT2D eigenvalue weighted by Crippen LogP contribution is 2.41. The van der Waals surface area contributed by atoms with Crippen molar-refractivity contribution in [3.8, 4) is 17.6 Å². The quantitative estimate of drug-likeness (QED) is 0.245. The molecule has 184 valence electrons. The monoisotopic (exact) mass is 645 g/mol. The molecule has 0 N–H and O–H groups in total. The number of aromatic nitrogens is 2. The van der Waals surface area contributed by atoms with Crippen LogP contribution in [-0.4, -0.2) is 55.3 Å². The lowest BCUT2D eigenvalue weighted by atomic mass is 10.2. The SMILES string of the molecule is Cc1cc(C(=O)N2CCN([SH](=O)(I)c3cc(C#N)ccc3Oc3cc(Cl)cc(Cl)c3)CC2)n(C)n1. The Morgan fingerprint density at radius 1 is 1.11 bits per heavy atom. The summed E-state index contributed by atoms with van der Waals surface area (Å²) >= 11 is 14.1. The normalized spacial score (nSPS) is 15.0. The first-order valence-electron chi connectivity index (χ1n) is 10.6. The molecule has 2 heterocycles. The minimum Gasteiger partial charge on any atom is -0.456 e. The summed E-state index contributed by atoms with van der Waals surface area (Å²) < 4.78 is 23.6. The molecule has 0 radical (unpaired) electrons. The van der Waals surface area contributed by atoms with Gasteiger partial charge in [-0.1, -0.05) is 23.2 Å². The lowest BCUT2D eigenvalue weighted by molar-refractivity contribution is 0.0689. The van der Waals surface area contributed by atoms with Crippen LogP contribution in [0.3, 0.4) is 0 Å². The summed E-state index contributed by atoms with van der Waals surface area (Å²) in [5.74, 6) is 0.639. The van der Waals surface area contributed by atoms with Crippen molar-refractivity contribution in [2.75, 3.05) is 26.2 Å². The molecule has 3 aromatic rings. The van der Waals surface area contributed by atoms with Gasteiger partial charge in [0.2, 0.25) is 0 Å². The molecule has 4 rings (SSSR count). The average Bonchev–Trinajstić information content (AvgIpc) is 3.16. The van der Waals surface area contributed by atoms with E-state index in [1.807, 2.05) is 32.4 Å². The zero-order chi connectivity index (χ0) is 25.3. The molecule has 1 amide bonds. The van der Waals surface area contributed by atoms with E-state index in [2.05, 4.69) is 11.2 Å². The Morgan fingerprint density at radius 3 is 2.34 bits per heavy atom. The Bertz CT molecular complexity index is 1360. The average molecular weight is 646 g/mol. The van der Waals surface area contributed by atoms with Gasteiger partial charge in [-0.15, -0.1) is 0 Å². The molecule has 35 heavy (non-hydrogen) atoms. The van der Waals surface area contributed by atoms with Gasteiger partial charge < -0.3 is 9.64 Å². The molecule has 1 aliphatic heterocycles. The third-order valence-electron chi connectivity index (χ3n) is 5.58. The molecular formula is C23H22Cl2IN5O3S. The second-order valence-electron chi connectivity index (χ2n) is 8.04. The van der Waals surface area contributed by atoms with Crippen LogP contribution < -0.4 is 4.74 Å². The van der Waals surface area contributed by atoms with E-state index < -0.39 is 7.29 Å². The molecule has 0 aliphatic carbocycles. The molecule has 1 saturated heterocycles. The van der Waals surface area contributed by atoms with Crippen LogP contribution in [-0.2, 0) is 14.3 Å². The predicted octanol–water partition coefficient (Wildman–Crippen LogP) is 4.80. The van der Waals surface area contributed by atoms with Gasteiger partial charge in [0.25, 0.3) is 5.91 Å². The largest absolute Gasteiger partial charge is 0.456 e. The number of benzene rings is 2. The van der Waals surface area contributed by atoms with Crippen LogP contribution in [0.25, 0.3) is 0 Å². The van der Waals surface area contributed by atoms with Gasteiger partial charge in [-0.2, -0.15) is 10.4 Å². The van der Waals surface area contributed by atoms with Crippen LogP contribution >= 0.6 is 44.4 Å². The van der Waals surface area contributed by atoms with Crippen molar-refractivity contribution in [1.82, 2.24) is 19.0 Å². The minimum absolute atomic E-state index is 0.107. The number of amides is 1. The lowest BCUT2D eigenvalue weighted by Gasteiger charge is -2.39. The van der Waals surface area contributed by atoms with Crippen molar-refractivity contribution in [2.24, 2.45) is 7.05 Å². The van der Waals surface area contributed by atoms with Gasteiger partial charge in [-0.25, -0.2) is 4.31 Å².